The highest BCUT2D eigenvalue weighted by molar-refractivity contribution is 7.51. The Morgan fingerprint density at radius 3 is 2.35 bits per heavy atom. The Morgan fingerprint density at radius 2 is 2.00 bits per heavy atom. The summed E-state index contributed by atoms with van der Waals surface area (Å²) in [5.41, 5.74) is 5.88. The van der Waals surface area contributed by atoms with E-state index in [2.05, 4.69) is 4.52 Å². The van der Waals surface area contributed by atoms with Crippen LogP contribution in [0.4, 0.5) is 5.69 Å². The van der Waals surface area contributed by atoms with Crippen molar-refractivity contribution in [1.82, 2.24) is 0 Å². The second kappa shape index (κ2) is 7.37. The molecule has 96 valence electrons. The van der Waals surface area contributed by atoms with E-state index in [1.807, 2.05) is 0 Å². The number of rotatable bonds is 3. The van der Waals surface area contributed by atoms with Crippen molar-refractivity contribution in [2.45, 2.75) is 6.92 Å². The summed E-state index contributed by atoms with van der Waals surface area (Å²) in [7, 11) is -6.24. The van der Waals surface area contributed by atoms with Gasteiger partial charge in [-0.25, -0.2) is 4.52 Å². The minimum Gasteiger partial charge on any atom is -0.399 e. The Hall–Kier alpha value is -0.970. The smallest absolute Gasteiger partial charge is 0.399 e. The van der Waals surface area contributed by atoms with Crippen molar-refractivity contribution < 1.29 is 28.3 Å². The van der Waals surface area contributed by atoms with Crippen LogP contribution >= 0.6 is 15.9 Å². The highest BCUT2D eigenvalue weighted by atomic mass is 31.2. The van der Waals surface area contributed by atoms with Crippen molar-refractivity contribution in [2.75, 3.05) is 11.9 Å². The molecular weight excluding hydrogens is 268 g/mol. The van der Waals surface area contributed by atoms with Crippen LogP contribution in [-0.4, -0.2) is 20.8 Å². The van der Waals surface area contributed by atoms with Crippen molar-refractivity contribution in [3.8, 4) is 5.75 Å². The van der Waals surface area contributed by atoms with Gasteiger partial charge in [-0.15, -0.1) is 4.89 Å². The van der Waals surface area contributed by atoms with Crippen molar-refractivity contribution in [3.63, 3.8) is 0 Å². The molecule has 5 N–H and O–H groups in total. The molecule has 1 unspecified atom stereocenters. The van der Waals surface area contributed by atoms with E-state index in [-0.39, 0.29) is 6.16 Å². The summed E-state index contributed by atoms with van der Waals surface area (Å²) in [6.45, 7) is 1.45. The van der Waals surface area contributed by atoms with Gasteiger partial charge < -0.3 is 15.5 Å². The molecule has 0 fully saturated rings. The predicted octanol–water partition coefficient (Wildman–Crippen LogP) is 1.48. The van der Waals surface area contributed by atoms with Crippen LogP contribution in [0, 0.1) is 0 Å². The second-order valence-corrected chi connectivity index (χ2v) is 5.50. The van der Waals surface area contributed by atoms with E-state index >= 15 is 0 Å². The number of nitrogens with two attached hydrogens (primary N) is 1. The quantitative estimate of drug-likeness (QED) is 0.488. The third-order valence-corrected chi connectivity index (χ3v) is 2.64. The molecule has 0 heterocycles. The van der Waals surface area contributed by atoms with Crippen LogP contribution in [0.5, 0.6) is 5.75 Å². The lowest BCUT2D eigenvalue weighted by Crippen LogP contribution is -1.85. The zero-order valence-corrected chi connectivity index (χ0v) is 10.8. The van der Waals surface area contributed by atoms with E-state index in [4.69, 9.17) is 20.4 Å². The predicted molar refractivity (Wildman–Crippen MR) is 63.9 cm³/mol. The van der Waals surface area contributed by atoms with E-state index in [1.165, 1.54) is 13.0 Å². The lowest BCUT2D eigenvalue weighted by Gasteiger charge is -1.92. The van der Waals surface area contributed by atoms with Gasteiger partial charge in [0.2, 0.25) is 0 Å². The monoisotopic (exact) mass is 282 g/mol. The summed E-state index contributed by atoms with van der Waals surface area (Å²) in [6, 6.07) is 6.34. The molecule has 1 rings (SSSR count). The Balaban J connectivity index is 0.000000366. The average Bonchev–Trinajstić information content (AvgIpc) is 2.16. The first-order valence-electron chi connectivity index (χ1n) is 4.49. The van der Waals surface area contributed by atoms with Gasteiger partial charge in [0.05, 0.1) is 0 Å². The molecule has 0 aliphatic rings. The minimum absolute atomic E-state index is 0.0625. The van der Waals surface area contributed by atoms with Gasteiger partial charge >= 0.3 is 15.9 Å². The summed E-state index contributed by atoms with van der Waals surface area (Å²) < 4.78 is 24.3. The van der Waals surface area contributed by atoms with E-state index in [0.29, 0.717) is 11.4 Å². The Kier molecular flexibility index (Phi) is 6.95. The fraction of sp³-hybridized carbons (Fsp3) is 0.250. The van der Waals surface area contributed by atoms with Crippen molar-refractivity contribution in [2.24, 2.45) is 0 Å². The second-order valence-electron chi connectivity index (χ2n) is 2.88. The first kappa shape index (κ1) is 16.0. The topological polar surface area (TPSA) is 130 Å². The molecule has 0 aliphatic heterocycles. The highest BCUT2D eigenvalue weighted by Gasteiger charge is 2.13. The lowest BCUT2D eigenvalue weighted by molar-refractivity contribution is 0.374. The summed E-state index contributed by atoms with van der Waals surface area (Å²) in [5.74, 6) is 0.300. The maximum Gasteiger partial charge on any atom is 0.747 e. The molecule has 1 aromatic carbocycles. The van der Waals surface area contributed by atoms with Crippen molar-refractivity contribution in [1.29, 1.82) is 0 Å². The van der Waals surface area contributed by atoms with Crippen molar-refractivity contribution >= 4 is 21.5 Å². The minimum atomic E-state index is -3.65. The van der Waals surface area contributed by atoms with Gasteiger partial charge in [-0.05, 0) is 12.1 Å². The zero-order valence-electron chi connectivity index (χ0n) is 9.05. The first-order chi connectivity index (χ1) is 7.74. The zero-order chi connectivity index (χ0) is 13.5. The summed E-state index contributed by atoms with van der Waals surface area (Å²) in [4.78, 5) is 24.2. The van der Waals surface area contributed by atoms with Crippen LogP contribution < -0.4 is 10.3 Å². The molecule has 1 aromatic rings. The maximum atomic E-state index is 10.2. The van der Waals surface area contributed by atoms with E-state index in [1.54, 1.807) is 18.2 Å². The van der Waals surface area contributed by atoms with Crippen LogP contribution in [0.15, 0.2) is 24.3 Å². The molecule has 0 bridgehead atoms. The van der Waals surface area contributed by atoms with Crippen LogP contribution in [0.25, 0.3) is 0 Å². The first-order valence-corrected chi connectivity index (χ1v) is 7.41. The number of hydrogen-bond donors (Lipinski definition) is 4. The normalized spacial score (nSPS) is 11.2. The molecule has 0 saturated carbocycles. The maximum absolute atomic E-state index is 10.2. The third-order valence-electron chi connectivity index (χ3n) is 1.45. The molecule has 0 saturated heterocycles. The Morgan fingerprint density at radius 1 is 1.47 bits per heavy atom. The standard InChI is InChI=1S/C6H6NO3P.C2H7O3P/c7-5-2-1-3-6(4-5)10-11(8)9;1-2-6(3,4)5/h1-4H,7H2;2H2,1H3,(H2,3,4,5)/p+1. The van der Waals surface area contributed by atoms with E-state index in [9.17, 15) is 9.13 Å². The van der Waals surface area contributed by atoms with Gasteiger partial charge in [-0.1, -0.05) is 13.0 Å². The number of nitrogen functional groups attached to an aromatic ring is 1. The van der Waals surface area contributed by atoms with E-state index in [0.717, 1.165) is 0 Å². The third kappa shape index (κ3) is 9.93. The number of hydrogen-bond acceptors (Lipinski definition) is 4. The van der Waals surface area contributed by atoms with Gasteiger partial charge in [0.15, 0.2) is 5.75 Å². The van der Waals surface area contributed by atoms with Gasteiger partial charge in [-0.2, -0.15) is 0 Å². The molecule has 0 aromatic heterocycles. The molecule has 0 aliphatic carbocycles. The van der Waals surface area contributed by atoms with Crippen molar-refractivity contribution in [3.05, 3.63) is 24.3 Å². The molecule has 1 atom stereocenters. The molecule has 17 heavy (non-hydrogen) atoms. The molecular formula is C8H14NO6P2+. The molecule has 0 amide bonds. The summed E-state index contributed by atoms with van der Waals surface area (Å²) in [5, 5.41) is 0. The lowest BCUT2D eigenvalue weighted by atomic mass is 10.3. The number of benzene rings is 1. The van der Waals surface area contributed by atoms with E-state index < -0.39 is 15.9 Å². The molecule has 0 spiro atoms. The Bertz CT molecular complexity index is 418. The largest absolute Gasteiger partial charge is 0.747 e. The average molecular weight is 282 g/mol. The fourth-order valence-electron chi connectivity index (χ4n) is 0.662. The number of anilines is 1. The highest BCUT2D eigenvalue weighted by Crippen LogP contribution is 2.32. The molecule has 7 nitrogen and oxygen atoms in total. The van der Waals surface area contributed by atoms with Crippen LogP contribution in [0.3, 0.4) is 0 Å². The van der Waals surface area contributed by atoms with Gasteiger partial charge in [0.1, 0.15) is 0 Å². The van der Waals surface area contributed by atoms with Crippen LogP contribution in [0.2, 0.25) is 0 Å². The molecule has 0 radical (unpaired) electrons. The molecule has 9 heteroatoms. The summed E-state index contributed by atoms with van der Waals surface area (Å²) in [6.07, 6.45) is -0.0625. The van der Waals surface area contributed by atoms with Gasteiger partial charge in [0.25, 0.3) is 0 Å². The summed E-state index contributed by atoms with van der Waals surface area (Å²) >= 11 is 0. The van der Waals surface area contributed by atoms with Crippen LogP contribution in [-0.2, 0) is 9.13 Å². The van der Waals surface area contributed by atoms with Gasteiger partial charge in [0, 0.05) is 22.5 Å². The van der Waals surface area contributed by atoms with Gasteiger partial charge in [-0.3, -0.25) is 4.57 Å². The fourth-order valence-corrected chi connectivity index (χ4v) is 0.955. The van der Waals surface area contributed by atoms with Crippen LogP contribution in [0.1, 0.15) is 6.92 Å². The Labute approximate surface area is 99.3 Å². The SMILES string of the molecule is CCP(=O)(O)O.Nc1cccc(O[P+](=O)O)c1.